The lowest BCUT2D eigenvalue weighted by Crippen LogP contribution is -2.24. The van der Waals surface area contributed by atoms with Crippen LogP contribution in [0, 0.1) is 10.1 Å². The molecule has 0 saturated heterocycles. The van der Waals surface area contributed by atoms with Gasteiger partial charge in [-0.3, -0.25) is 10.1 Å². The molecular weight excluding hydrogens is 404 g/mol. The molecule has 7 nitrogen and oxygen atoms in total. The Bertz CT molecular complexity index is 750. The molecule has 2 N–H and O–H groups in total. The van der Waals surface area contributed by atoms with Crippen molar-refractivity contribution < 1.29 is 19.5 Å². The lowest BCUT2D eigenvalue weighted by atomic mass is 10.2. The zero-order chi connectivity index (χ0) is 19.1. The average molecular weight is 425 g/mol. The molecule has 0 spiro atoms. The number of nitrogens with one attached hydrogen (secondary N) is 1. The highest BCUT2D eigenvalue weighted by Gasteiger charge is 2.11. The third-order valence-corrected chi connectivity index (χ3v) is 4.37. The summed E-state index contributed by atoms with van der Waals surface area (Å²) >= 11 is 3.52. The van der Waals surface area contributed by atoms with Crippen molar-refractivity contribution in [3.8, 4) is 11.5 Å². The van der Waals surface area contributed by atoms with Gasteiger partial charge in [-0.1, -0.05) is 15.9 Å². The number of nitro groups is 1. The molecule has 8 heteroatoms. The standard InChI is InChI=1S/C18H21BrN2O5/c1-12(22)9-20-10-14-7-17(25-2)18(8-16(14)19)26-11-13-3-5-15(6-4-13)21(23)24/h3-8,12,20,22H,9-11H2,1-2H3. The number of nitro benzene ring substituents is 1. The van der Waals surface area contributed by atoms with Crippen molar-refractivity contribution in [1.82, 2.24) is 5.32 Å². The van der Waals surface area contributed by atoms with E-state index in [1.54, 1.807) is 26.2 Å². The van der Waals surface area contributed by atoms with Crippen LogP contribution in [-0.4, -0.2) is 29.8 Å². The molecule has 0 radical (unpaired) electrons. The number of hydrogen-bond donors (Lipinski definition) is 2. The van der Waals surface area contributed by atoms with Gasteiger partial charge < -0.3 is 19.9 Å². The fraction of sp³-hybridized carbons (Fsp3) is 0.333. The summed E-state index contributed by atoms with van der Waals surface area (Å²) in [4.78, 5) is 10.3. The van der Waals surface area contributed by atoms with Gasteiger partial charge in [0.05, 0.1) is 18.1 Å². The van der Waals surface area contributed by atoms with Crippen LogP contribution in [-0.2, 0) is 13.2 Å². The number of methoxy groups -OCH3 is 1. The Morgan fingerprint density at radius 2 is 1.96 bits per heavy atom. The van der Waals surface area contributed by atoms with Crippen molar-refractivity contribution in [3.05, 3.63) is 62.1 Å². The zero-order valence-corrected chi connectivity index (χ0v) is 16.2. The fourth-order valence-corrected chi connectivity index (χ4v) is 2.74. The van der Waals surface area contributed by atoms with Crippen LogP contribution in [0.3, 0.4) is 0 Å². The molecule has 0 saturated carbocycles. The summed E-state index contributed by atoms with van der Waals surface area (Å²) < 4.78 is 12.1. The lowest BCUT2D eigenvalue weighted by molar-refractivity contribution is -0.384. The molecule has 2 aromatic carbocycles. The van der Waals surface area contributed by atoms with Gasteiger partial charge in [0.15, 0.2) is 11.5 Å². The number of non-ortho nitro benzene ring substituents is 1. The predicted molar refractivity (Wildman–Crippen MR) is 102 cm³/mol. The smallest absolute Gasteiger partial charge is 0.269 e. The number of aliphatic hydroxyl groups excluding tert-OH is 1. The van der Waals surface area contributed by atoms with E-state index < -0.39 is 11.0 Å². The molecule has 1 atom stereocenters. The molecule has 26 heavy (non-hydrogen) atoms. The van der Waals surface area contributed by atoms with Gasteiger partial charge in [0, 0.05) is 29.7 Å². The summed E-state index contributed by atoms with van der Waals surface area (Å²) in [6, 6.07) is 9.90. The Morgan fingerprint density at radius 3 is 2.54 bits per heavy atom. The first kappa shape index (κ1) is 20.2. The molecule has 0 bridgehead atoms. The Kier molecular flexibility index (Phi) is 7.38. The van der Waals surface area contributed by atoms with Gasteiger partial charge in [-0.05, 0) is 42.3 Å². The van der Waals surface area contributed by atoms with Crippen LogP contribution in [0.5, 0.6) is 11.5 Å². The largest absolute Gasteiger partial charge is 0.493 e. The lowest BCUT2D eigenvalue weighted by Gasteiger charge is -2.15. The first-order valence-corrected chi connectivity index (χ1v) is 8.81. The number of rotatable bonds is 9. The molecular formula is C18H21BrN2O5. The van der Waals surface area contributed by atoms with Crippen LogP contribution in [0.25, 0.3) is 0 Å². The molecule has 0 aliphatic rings. The van der Waals surface area contributed by atoms with Crippen LogP contribution in [0.2, 0.25) is 0 Å². The van der Waals surface area contributed by atoms with Crippen LogP contribution in [0.1, 0.15) is 18.1 Å². The number of hydrogen-bond acceptors (Lipinski definition) is 6. The molecule has 0 aromatic heterocycles. The minimum Gasteiger partial charge on any atom is -0.493 e. The summed E-state index contributed by atoms with van der Waals surface area (Å²) in [5.41, 5.74) is 1.84. The zero-order valence-electron chi connectivity index (χ0n) is 14.6. The van der Waals surface area contributed by atoms with Gasteiger partial charge in [0.2, 0.25) is 0 Å². The van der Waals surface area contributed by atoms with Gasteiger partial charge in [0.1, 0.15) is 6.61 Å². The summed E-state index contributed by atoms with van der Waals surface area (Å²) in [6.07, 6.45) is -0.417. The normalized spacial score (nSPS) is 11.8. The SMILES string of the molecule is COc1cc(CNCC(C)O)c(Br)cc1OCc1ccc([N+](=O)[O-])cc1. The minimum atomic E-state index is -0.435. The van der Waals surface area contributed by atoms with E-state index in [2.05, 4.69) is 21.2 Å². The summed E-state index contributed by atoms with van der Waals surface area (Å²) in [6.45, 7) is 3.05. The van der Waals surface area contributed by atoms with Crippen molar-refractivity contribution in [3.63, 3.8) is 0 Å². The molecule has 0 heterocycles. The van der Waals surface area contributed by atoms with Gasteiger partial charge in [-0.2, -0.15) is 0 Å². The molecule has 0 fully saturated rings. The van der Waals surface area contributed by atoms with Crippen molar-refractivity contribution in [2.75, 3.05) is 13.7 Å². The second kappa shape index (κ2) is 9.51. The molecule has 0 aliphatic carbocycles. The van der Waals surface area contributed by atoms with Gasteiger partial charge >= 0.3 is 0 Å². The summed E-state index contributed by atoms with van der Waals surface area (Å²) in [7, 11) is 1.56. The van der Waals surface area contributed by atoms with Crippen molar-refractivity contribution in [2.45, 2.75) is 26.2 Å². The van der Waals surface area contributed by atoms with E-state index in [-0.39, 0.29) is 12.3 Å². The Balaban J connectivity index is 2.06. The van der Waals surface area contributed by atoms with E-state index in [4.69, 9.17) is 9.47 Å². The maximum Gasteiger partial charge on any atom is 0.269 e. The second-order valence-electron chi connectivity index (χ2n) is 5.79. The number of nitrogens with zero attached hydrogens (tertiary/aromatic N) is 1. The molecule has 0 amide bonds. The number of aliphatic hydroxyl groups is 1. The van der Waals surface area contributed by atoms with E-state index in [0.29, 0.717) is 24.6 Å². The van der Waals surface area contributed by atoms with Gasteiger partial charge in [0.25, 0.3) is 5.69 Å². The van der Waals surface area contributed by atoms with Crippen LogP contribution >= 0.6 is 15.9 Å². The first-order chi connectivity index (χ1) is 12.4. The minimum absolute atomic E-state index is 0.0446. The number of halogens is 1. The van der Waals surface area contributed by atoms with Crippen molar-refractivity contribution in [2.24, 2.45) is 0 Å². The van der Waals surface area contributed by atoms with Crippen LogP contribution < -0.4 is 14.8 Å². The summed E-state index contributed by atoms with van der Waals surface area (Å²) in [5.74, 6) is 1.15. The molecule has 1 unspecified atom stereocenters. The monoisotopic (exact) mass is 424 g/mol. The highest BCUT2D eigenvalue weighted by Crippen LogP contribution is 2.34. The van der Waals surface area contributed by atoms with E-state index >= 15 is 0 Å². The van der Waals surface area contributed by atoms with Crippen LogP contribution in [0.4, 0.5) is 5.69 Å². The van der Waals surface area contributed by atoms with E-state index in [1.165, 1.54) is 12.1 Å². The van der Waals surface area contributed by atoms with Crippen molar-refractivity contribution in [1.29, 1.82) is 0 Å². The van der Waals surface area contributed by atoms with E-state index in [0.717, 1.165) is 15.6 Å². The summed E-state index contributed by atoms with van der Waals surface area (Å²) in [5, 5.41) is 23.2. The van der Waals surface area contributed by atoms with E-state index in [1.807, 2.05) is 12.1 Å². The van der Waals surface area contributed by atoms with Crippen molar-refractivity contribution >= 4 is 21.6 Å². The fourth-order valence-electron chi connectivity index (χ4n) is 2.28. The Morgan fingerprint density at radius 1 is 1.27 bits per heavy atom. The number of ether oxygens (including phenoxy) is 2. The molecule has 0 aliphatic heterocycles. The van der Waals surface area contributed by atoms with Crippen LogP contribution in [0.15, 0.2) is 40.9 Å². The van der Waals surface area contributed by atoms with E-state index in [9.17, 15) is 15.2 Å². The highest BCUT2D eigenvalue weighted by atomic mass is 79.9. The molecule has 2 aromatic rings. The van der Waals surface area contributed by atoms with Gasteiger partial charge in [-0.15, -0.1) is 0 Å². The third-order valence-electron chi connectivity index (χ3n) is 3.63. The quantitative estimate of drug-likeness (QED) is 0.473. The van der Waals surface area contributed by atoms with Gasteiger partial charge in [-0.25, -0.2) is 0 Å². The Labute approximate surface area is 160 Å². The average Bonchev–Trinajstić information content (AvgIpc) is 2.61. The maximum atomic E-state index is 10.7. The number of benzene rings is 2. The molecule has 2 rings (SSSR count). The second-order valence-corrected chi connectivity index (χ2v) is 6.64. The maximum absolute atomic E-state index is 10.7. The third kappa shape index (κ3) is 5.69. The highest BCUT2D eigenvalue weighted by molar-refractivity contribution is 9.10. The first-order valence-electron chi connectivity index (χ1n) is 8.02. The Hall–Kier alpha value is -2.16. The predicted octanol–water partition coefficient (Wildman–Crippen LogP) is 3.42. The molecule has 140 valence electrons. The topological polar surface area (TPSA) is 93.9 Å².